The number of nitrogens with zero attached hydrogens (tertiary/aromatic N) is 1. The van der Waals surface area contributed by atoms with E-state index < -0.39 is 5.97 Å². The van der Waals surface area contributed by atoms with Gasteiger partial charge in [0.2, 0.25) is 0 Å². The molecule has 0 radical (unpaired) electrons. The van der Waals surface area contributed by atoms with E-state index in [0.29, 0.717) is 4.88 Å². The number of carbonyl (C=O) groups is 2. The summed E-state index contributed by atoms with van der Waals surface area (Å²) in [5.41, 5.74) is 1.24. The summed E-state index contributed by atoms with van der Waals surface area (Å²) in [5, 5.41) is 0. The molecule has 0 aliphatic carbocycles. The summed E-state index contributed by atoms with van der Waals surface area (Å²) >= 11 is 1.55. The minimum absolute atomic E-state index is 0.00449. The van der Waals surface area contributed by atoms with Gasteiger partial charge in [-0.15, -0.1) is 11.3 Å². The van der Waals surface area contributed by atoms with E-state index in [9.17, 15) is 9.59 Å². The molecule has 0 aliphatic heterocycles. The molecule has 1 rings (SSSR count). The Morgan fingerprint density at radius 2 is 2.00 bits per heavy atom. The quantitative estimate of drug-likeness (QED) is 0.726. The molecule has 0 fully saturated rings. The number of carbonyl (C=O) groups excluding carboxylic acids is 2. The number of hydrogen-bond acceptors (Lipinski definition) is 4. The third-order valence-electron chi connectivity index (χ3n) is 3.38. The molecule has 0 saturated heterocycles. The van der Waals surface area contributed by atoms with Crippen LogP contribution in [0.3, 0.4) is 0 Å². The summed E-state index contributed by atoms with van der Waals surface area (Å²) in [7, 11) is 1.34. The van der Waals surface area contributed by atoms with Crippen LogP contribution < -0.4 is 0 Å². The van der Waals surface area contributed by atoms with Crippen LogP contribution in [0.4, 0.5) is 0 Å². The number of methoxy groups -OCH3 is 1. The molecular formula is C16H25NO3S. The Morgan fingerprint density at radius 1 is 1.33 bits per heavy atom. The van der Waals surface area contributed by atoms with Gasteiger partial charge in [-0.25, -0.2) is 0 Å². The van der Waals surface area contributed by atoms with Crippen molar-refractivity contribution in [1.82, 2.24) is 4.90 Å². The molecule has 0 saturated carbocycles. The van der Waals surface area contributed by atoms with Gasteiger partial charge >= 0.3 is 5.97 Å². The van der Waals surface area contributed by atoms with Gasteiger partial charge in [0.15, 0.2) is 0 Å². The second-order valence-electron chi connectivity index (χ2n) is 5.27. The standard InChI is InChI=1S/C16H25NO3S/c1-6-8-13-12(7-2)9-14(21-13)16(19)17(11(3)4)10-15(18)20-5/h9,11H,6-8,10H2,1-5H3. The topological polar surface area (TPSA) is 46.6 Å². The van der Waals surface area contributed by atoms with Crippen LogP contribution in [0.15, 0.2) is 6.07 Å². The van der Waals surface area contributed by atoms with Crippen molar-refractivity contribution in [3.8, 4) is 0 Å². The Balaban J connectivity index is 3.00. The molecule has 0 spiro atoms. The maximum atomic E-state index is 12.7. The van der Waals surface area contributed by atoms with E-state index in [1.165, 1.54) is 17.6 Å². The first kappa shape index (κ1) is 17.7. The van der Waals surface area contributed by atoms with Crippen LogP contribution in [0, 0.1) is 0 Å². The van der Waals surface area contributed by atoms with E-state index in [1.807, 2.05) is 19.9 Å². The van der Waals surface area contributed by atoms with E-state index in [1.54, 1.807) is 16.2 Å². The lowest BCUT2D eigenvalue weighted by molar-refractivity contribution is -0.141. The number of amides is 1. The molecule has 0 atom stereocenters. The van der Waals surface area contributed by atoms with E-state index in [4.69, 9.17) is 0 Å². The third-order valence-corrected chi connectivity index (χ3v) is 4.60. The molecule has 0 unspecified atom stereocenters. The number of thiophene rings is 1. The highest BCUT2D eigenvalue weighted by atomic mass is 32.1. The van der Waals surface area contributed by atoms with Gasteiger partial charge in [-0.05, 0) is 38.3 Å². The fourth-order valence-corrected chi connectivity index (χ4v) is 3.46. The van der Waals surface area contributed by atoms with E-state index in [-0.39, 0.29) is 18.5 Å². The van der Waals surface area contributed by atoms with Crippen LogP contribution >= 0.6 is 11.3 Å². The number of esters is 1. The first-order chi connectivity index (χ1) is 9.94. The summed E-state index contributed by atoms with van der Waals surface area (Å²) in [6.45, 7) is 8.04. The van der Waals surface area contributed by atoms with Gasteiger partial charge in [0.25, 0.3) is 5.91 Å². The van der Waals surface area contributed by atoms with Crippen molar-refractivity contribution in [2.75, 3.05) is 13.7 Å². The van der Waals surface area contributed by atoms with Crippen LogP contribution in [0.1, 0.15) is 54.2 Å². The predicted molar refractivity (Wildman–Crippen MR) is 85.9 cm³/mol. The van der Waals surface area contributed by atoms with Crippen LogP contribution in [0.25, 0.3) is 0 Å². The Morgan fingerprint density at radius 3 is 2.48 bits per heavy atom. The molecule has 0 bridgehead atoms. The predicted octanol–water partition coefficient (Wildman–Crippen LogP) is 3.29. The normalized spacial score (nSPS) is 10.8. The zero-order valence-corrected chi connectivity index (χ0v) is 14.4. The molecule has 1 aromatic heterocycles. The lowest BCUT2D eigenvalue weighted by Gasteiger charge is -2.24. The summed E-state index contributed by atoms with van der Waals surface area (Å²) in [6.07, 6.45) is 2.99. The van der Waals surface area contributed by atoms with E-state index in [0.717, 1.165) is 19.3 Å². The summed E-state index contributed by atoms with van der Waals surface area (Å²) in [4.78, 5) is 27.7. The van der Waals surface area contributed by atoms with Gasteiger partial charge in [0, 0.05) is 10.9 Å². The summed E-state index contributed by atoms with van der Waals surface area (Å²) < 4.78 is 4.68. The highest BCUT2D eigenvalue weighted by molar-refractivity contribution is 7.14. The minimum Gasteiger partial charge on any atom is -0.468 e. The van der Waals surface area contributed by atoms with Crippen LogP contribution in [-0.2, 0) is 22.4 Å². The Labute approximate surface area is 131 Å². The Kier molecular flexibility index (Phi) is 6.89. The molecule has 21 heavy (non-hydrogen) atoms. The highest BCUT2D eigenvalue weighted by Gasteiger charge is 2.24. The zero-order chi connectivity index (χ0) is 16.0. The van der Waals surface area contributed by atoms with Crippen molar-refractivity contribution in [2.45, 2.75) is 53.0 Å². The van der Waals surface area contributed by atoms with Gasteiger partial charge < -0.3 is 9.64 Å². The molecule has 5 heteroatoms. The average Bonchev–Trinajstić information content (AvgIpc) is 2.87. The maximum Gasteiger partial charge on any atom is 0.325 e. The maximum absolute atomic E-state index is 12.7. The average molecular weight is 311 g/mol. The van der Waals surface area contributed by atoms with Gasteiger partial charge in [0.1, 0.15) is 6.54 Å². The summed E-state index contributed by atoms with van der Waals surface area (Å²) in [5.74, 6) is -0.476. The van der Waals surface area contributed by atoms with E-state index >= 15 is 0 Å². The molecule has 118 valence electrons. The molecule has 0 aromatic carbocycles. The van der Waals surface area contributed by atoms with Crippen molar-refractivity contribution < 1.29 is 14.3 Å². The Bertz CT molecular complexity index is 494. The fraction of sp³-hybridized carbons (Fsp3) is 0.625. The molecule has 1 aromatic rings. The Hall–Kier alpha value is -1.36. The number of rotatable bonds is 7. The van der Waals surface area contributed by atoms with Crippen LogP contribution in [0.5, 0.6) is 0 Å². The molecule has 0 aliphatic rings. The molecule has 1 heterocycles. The van der Waals surface area contributed by atoms with Crippen molar-refractivity contribution in [3.05, 3.63) is 21.4 Å². The molecule has 4 nitrogen and oxygen atoms in total. The molecule has 1 amide bonds. The number of ether oxygens (including phenoxy) is 1. The van der Waals surface area contributed by atoms with Gasteiger partial charge in [0.05, 0.1) is 12.0 Å². The van der Waals surface area contributed by atoms with Gasteiger partial charge in [-0.3, -0.25) is 9.59 Å². The van der Waals surface area contributed by atoms with Gasteiger partial charge in [-0.1, -0.05) is 20.3 Å². The van der Waals surface area contributed by atoms with Gasteiger partial charge in [-0.2, -0.15) is 0 Å². The van der Waals surface area contributed by atoms with Crippen LogP contribution in [-0.4, -0.2) is 36.5 Å². The smallest absolute Gasteiger partial charge is 0.325 e. The largest absolute Gasteiger partial charge is 0.468 e. The van der Waals surface area contributed by atoms with Crippen molar-refractivity contribution in [1.29, 1.82) is 0 Å². The first-order valence-corrected chi connectivity index (χ1v) is 8.25. The molecular weight excluding hydrogens is 286 g/mol. The van der Waals surface area contributed by atoms with Crippen molar-refractivity contribution >= 4 is 23.2 Å². The lowest BCUT2D eigenvalue weighted by atomic mass is 10.1. The van der Waals surface area contributed by atoms with Crippen LogP contribution in [0.2, 0.25) is 0 Å². The van der Waals surface area contributed by atoms with Crippen molar-refractivity contribution in [2.24, 2.45) is 0 Å². The van der Waals surface area contributed by atoms with Crippen molar-refractivity contribution in [3.63, 3.8) is 0 Å². The molecule has 0 N–H and O–H groups in total. The monoisotopic (exact) mass is 311 g/mol. The summed E-state index contributed by atoms with van der Waals surface area (Å²) in [6, 6.07) is 1.93. The fourth-order valence-electron chi connectivity index (χ4n) is 2.14. The second-order valence-corrected chi connectivity index (χ2v) is 6.40. The first-order valence-electron chi connectivity index (χ1n) is 7.43. The number of hydrogen-bond donors (Lipinski definition) is 0. The lowest BCUT2D eigenvalue weighted by Crippen LogP contribution is -2.40. The number of aryl methyl sites for hydroxylation is 2. The second kappa shape index (κ2) is 8.17. The SMILES string of the molecule is CCCc1sc(C(=O)N(CC(=O)OC)C(C)C)cc1CC. The zero-order valence-electron chi connectivity index (χ0n) is 13.6. The third kappa shape index (κ3) is 4.56. The van der Waals surface area contributed by atoms with E-state index in [2.05, 4.69) is 18.6 Å². The highest BCUT2D eigenvalue weighted by Crippen LogP contribution is 2.26. The minimum atomic E-state index is -0.391.